The number of ether oxygens (including phenoxy) is 1. The molecule has 0 aromatic heterocycles. The summed E-state index contributed by atoms with van der Waals surface area (Å²) in [5.74, 6) is -0.169. The molecule has 2 heterocycles. The molecule has 32 heavy (non-hydrogen) atoms. The van der Waals surface area contributed by atoms with Crippen molar-refractivity contribution in [1.82, 2.24) is 9.62 Å². The topological polar surface area (TPSA) is 105 Å². The molecule has 2 amide bonds. The van der Waals surface area contributed by atoms with Gasteiger partial charge in [0.2, 0.25) is 15.9 Å². The number of rotatable bonds is 4. The fourth-order valence-electron chi connectivity index (χ4n) is 4.70. The van der Waals surface area contributed by atoms with Gasteiger partial charge in [-0.15, -0.1) is 0 Å². The monoisotopic (exact) mass is 483 g/mol. The Hall–Kier alpha value is -1.84. The summed E-state index contributed by atoms with van der Waals surface area (Å²) in [7, 11) is -3.85. The van der Waals surface area contributed by atoms with Crippen LogP contribution in [0.5, 0.6) is 5.75 Å². The van der Waals surface area contributed by atoms with Crippen LogP contribution < -0.4 is 15.4 Å². The molecule has 2 N–H and O–H groups in total. The summed E-state index contributed by atoms with van der Waals surface area (Å²) in [6.07, 6.45) is 9.04. The van der Waals surface area contributed by atoms with Crippen LogP contribution in [0.15, 0.2) is 17.0 Å². The molecular formula is C22H30ClN3O5S. The summed E-state index contributed by atoms with van der Waals surface area (Å²) in [4.78, 5) is 24.2. The third-order valence-electron chi connectivity index (χ3n) is 6.56. The molecule has 0 atom stereocenters. The van der Waals surface area contributed by atoms with Crippen LogP contribution in [-0.4, -0.2) is 50.3 Å². The lowest BCUT2D eigenvalue weighted by atomic mass is 9.94. The summed E-state index contributed by atoms with van der Waals surface area (Å²) in [6.45, 7) is 0.349. The second-order valence-corrected chi connectivity index (χ2v) is 11.2. The number of carbonyl (C=O) groups is 2. The maximum atomic E-state index is 13.2. The number of hydrogen-bond donors (Lipinski definition) is 2. The van der Waals surface area contributed by atoms with Crippen LogP contribution in [0, 0.1) is 5.92 Å². The highest BCUT2D eigenvalue weighted by molar-refractivity contribution is 7.89. The Morgan fingerprint density at radius 2 is 1.72 bits per heavy atom. The standard InChI is InChI=1S/C22H30ClN3O5S/c23-17-12-18-19(31-14-21(27)25-18)13-20(17)32(29,30)26-10-8-15(9-11-26)22(28)24-16-6-4-2-1-3-5-7-16/h12-13,15-16H,1-11,14H2,(H,24,28)(H,25,27). The number of anilines is 1. The van der Waals surface area contributed by atoms with Gasteiger partial charge in [-0.3, -0.25) is 9.59 Å². The van der Waals surface area contributed by atoms with Gasteiger partial charge in [-0.2, -0.15) is 4.31 Å². The molecule has 0 radical (unpaired) electrons. The van der Waals surface area contributed by atoms with Crippen LogP contribution in [0.2, 0.25) is 5.02 Å². The van der Waals surface area contributed by atoms with E-state index in [9.17, 15) is 18.0 Å². The van der Waals surface area contributed by atoms with E-state index in [-0.39, 0.29) is 59.1 Å². The molecule has 10 heteroatoms. The van der Waals surface area contributed by atoms with Gasteiger partial charge >= 0.3 is 0 Å². The Morgan fingerprint density at radius 1 is 1.06 bits per heavy atom. The van der Waals surface area contributed by atoms with Crippen LogP contribution >= 0.6 is 11.6 Å². The maximum absolute atomic E-state index is 13.2. The molecule has 2 aliphatic heterocycles. The zero-order chi connectivity index (χ0) is 22.7. The van der Waals surface area contributed by atoms with E-state index >= 15 is 0 Å². The molecule has 0 spiro atoms. The van der Waals surface area contributed by atoms with Crippen molar-refractivity contribution in [2.24, 2.45) is 5.92 Å². The largest absolute Gasteiger partial charge is 0.482 e. The van der Waals surface area contributed by atoms with E-state index in [1.54, 1.807) is 0 Å². The van der Waals surface area contributed by atoms with E-state index in [4.69, 9.17) is 16.3 Å². The van der Waals surface area contributed by atoms with Crippen LogP contribution in [-0.2, 0) is 19.6 Å². The van der Waals surface area contributed by atoms with Gasteiger partial charge in [0.05, 0.1) is 10.7 Å². The van der Waals surface area contributed by atoms with Gasteiger partial charge in [-0.1, -0.05) is 43.7 Å². The first-order chi connectivity index (χ1) is 15.3. The summed E-state index contributed by atoms with van der Waals surface area (Å²) >= 11 is 6.25. The number of piperidine rings is 1. The van der Waals surface area contributed by atoms with E-state index in [0.29, 0.717) is 18.5 Å². The predicted molar refractivity (Wildman–Crippen MR) is 121 cm³/mol. The van der Waals surface area contributed by atoms with Gasteiger partial charge < -0.3 is 15.4 Å². The highest BCUT2D eigenvalue weighted by Crippen LogP contribution is 2.37. The lowest BCUT2D eigenvalue weighted by Gasteiger charge is -2.32. The summed E-state index contributed by atoms with van der Waals surface area (Å²) in [6, 6.07) is 3.00. The number of sulfonamides is 1. The van der Waals surface area contributed by atoms with Gasteiger partial charge in [-0.25, -0.2) is 8.42 Å². The molecule has 1 aromatic rings. The third kappa shape index (κ3) is 5.21. The van der Waals surface area contributed by atoms with Crippen molar-refractivity contribution in [2.45, 2.75) is 68.7 Å². The molecule has 2 fully saturated rings. The second kappa shape index (κ2) is 9.97. The Morgan fingerprint density at radius 3 is 2.41 bits per heavy atom. The minimum Gasteiger partial charge on any atom is -0.482 e. The van der Waals surface area contributed by atoms with E-state index in [1.165, 1.54) is 35.7 Å². The Balaban J connectivity index is 1.38. The number of benzene rings is 1. The summed E-state index contributed by atoms with van der Waals surface area (Å²) < 4.78 is 33.2. The normalized spacial score (nSPS) is 21.6. The second-order valence-electron chi connectivity index (χ2n) is 8.84. The van der Waals surface area contributed by atoms with Crippen molar-refractivity contribution >= 4 is 39.1 Å². The van der Waals surface area contributed by atoms with Crippen molar-refractivity contribution in [3.8, 4) is 5.75 Å². The van der Waals surface area contributed by atoms with E-state index < -0.39 is 10.0 Å². The summed E-state index contributed by atoms with van der Waals surface area (Å²) in [5.41, 5.74) is 0.356. The number of nitrogens with one attached hydrogen (secondary N) is 2. The van der Waals surface area contributed by atoms with Crippen LogP contribution in [0.4, 0.5) is 5.69 Å². The predicted octanol–water partition coefficient (Wildman–Crippen LogP) is 3.30. The molecule has 0 unspecified atom stereocenters. The molecule has 0 bridgehead atoms. The van der Waals surface area contributed by atoms with Crippen molar-refractivity contribution in [1.29, 1.82) is 0 Å². The molecule has 8 nitrogen and oxygen atoms in total. The van der Waals surface area contributed by atoms with Crippen molar-refractivity contribution in [3.63, 3.8) is 0 Å². The lowest BCUT2D eigenvalue weighted by molar-refractivity contribution is -0.127. The number of hydrogen-bond acceptors (Lipinski definition) is 5. The molecule has 4 rings (SSSR count). The number of nitrogens with zero attached hydrogens (tertiary/aromatic N) is 1. The quantitative estimate of drug-likeness (QED) is 0.683. The Labute approximate surface area is 194 Å². The number of halogens is 1. The zero-order valence-corrected chi connectivity index (χ0v) is 19.6. The maximum Gasteiger partial charge on any atom is 0.262 e. The van der Waals surface area contributed by atoms with E-state index in [2.05, 4.69) is 10.6 Å². The molecule has 176 valence electrons. The minimum absolute atomic E-state index is 0.0266. The van der Waals surface area contributed by atoms with E-state index in [0.717, 1.165) is 25.7 Å². The van der Waals surface area contributed by atoms with Gasteiger partial charge in [0.25, 0.3) is 5.91 Å². The fraction of sp³-hybridized carbons (Fsp3) is 0.636. The molecule has 1 saturated carbocycles. The Kier molecular flexibility index (Phi) is 7.27. The van der Waals surface area contributed by atoms with Gasteiger partial charge in [0, 0.05) is 31.1 Å². The van der Waals surface area contributed by atoms with Crippen LogP contribution in [0.1, 0.15) is 57.8 Å². The number of carbonyl (C=O) groups excluding carboxylic acids is 2. The minimum atomic E-state index is -3.85. The SMILES string of the molecule is O=C1COc2cc(S(=O)(=O)N3CCC(C(=O)NC4CCCCCCC4)CC3)c(Cl)cc2N1. The van der Waals surface area contributed by atoms with Crippen LogP contribution in [0.25, 0.3) is 0 Å². The van der Waals surface area contributed by atoms with Crippen molar-refractivity contribution in [2.75, 3.05) is 25.0 Å². The average molecular weight is 484 g/mol. The fourth-order valence-corrected chi connectivity index (χ4v) is 6.68. The number of amides is 2. The summed E-state index contributed by atoms with van der Waals surface area (Å²) in [5, 5.41) is 5.85. The van der Waals surface area contributed by atoms with Crippen molar-refractivity contribution < 1.29 is 22.7 Å². The van der Waals surface area contributed by atoms with Crippen LogP contribution in [0.3, 0.4) is 0 Å². The average Bonchev–Trinajstić information content (AvgIpc) is 2.75. The number of fused-ring (bicyclic) bond motifs is 1. The zero-order valence-electron chi connectivity index (χ0n) is 18.1. The first kappa shape index (κ1) is 23.3. The first-order valence-corrected chi connectivity index (χ1v) is 13.2. The first-order valence-electron chi connectivity index (χ1n) is 11.4. The van der Waals surface area contributed by atoms with Gasteiger partial charge in [-0.05, 0) is 31.7 Å². The van der Waals surface area contributed by atoms with Gasteiger partial charge in [0.15, 0.2) is 6.61 Å². The van der Waals surface area contributed by atoms with Crippen molar-refractivity contribution in [3.05, 3.63) is 17.2 Å². The highest BCUT2D eigenvalue weighted by Gasteiger charge is 2.35. The Bertz CT molecular complexity index is 968. The molecule has 3 aliphatic rings. The highest BCUT2D eigenvalue weighted by atomic mass is 35.5. The van der Waals surface area contributed by atoms with E-state index in [1.807, 2.05) is 0 Å². The van der Waals surface area contributed by atoms with Gasteiger partial charge in [0.1, 0.15) is 10.6 Å². The molecule has 1 aromatic carbocycles. The third-order valence-corrected chi connectivity index (χ3v) is 8.92. The molecule has 1 aliphatic carbocycles. The molecule has 1 saturated heterocycles. The smallest absolute Gasteiger partial charge is 0.262 e. The lowest BCUT2D eigenvalue weighted by Crippen LogP contribution is -2.45. The molecular weight excluding hydrogens is 454 g/mol.